The zero-order valence-corrected chi connectivity index (χ0v) is 17.1. The number of aliphatic hydroxyl groups excluding tert-OH is 1. The van der Waals surface area contributed by atoms with E-state index in [1.165, 1.54) is 10.8 Å². The zero-order valence-electron chi connectivity index (χ0n) is 17.1. The van der Waals surface area contributed by atoms with Crippen LogP contribution in [0, 0.1) is 5.92 Å². The lowest BCUT2D eigenvalue weighted by Gasteiger charge is -2.45. The Hall–Kier alpha value is -1.95. The quantitative estimate of drug-likeness (QED) is 0.816. The molecule has 156 valence electrons. The Morgan fingerprint density at radius 3 is 2.66 bits per heavy atom. The molecule has 4 rings (SSSR count). The van der Waals surface area contributed by atoms with E-state index in [0.29, 0.717) is 18.4 Å². The number of carbonyl (C=O) groups is 1. The summed E-state index contributed by atoms with van der Waals surface area (Å²) in [5.41, 5.74) is 1.08. The SMILES string of the molecule is O=C(Cc1ccc2ccccc2c1)N1CC[C@H](N2CCOCC2)[C@H](CCCO)C1. The van der Waals surface area contributed by atoms with Crippen molar-refractivity contribution in [3.05, 3.63) is 48.0 Å². The number of piperidine rings is 1. The van der Waals surface area contributed by atoms with Crippen LogP contribution in [0.3, 0.4) is 0 Å². The number of benzene rings is 2. The molecule has 0 saturated carbocycles. The normalized spacial score (nSPS) is 23.4. The van der Waals surface area contributed by atoms with Crippen molar-refractivity contribution in [2.24, 2.45) is 5.92 Å². The van der Waals surface area contributed by atoms with Gasteiger partial charge in [-0.3, -0.25) is 9.69 Å². The summed E-state index contributed by atoms with van der Waals surface area (Å²) in [6, 6.07) is 15.1. The highest BCUT2D eigenvalue weighted by Crippen LogP contribution is 2.27. The average Bonchev–Trinajstić information content (AvgIpc) is 2.78. The van der Waals surface area contributed by atoms with Crippen molar-refractivity contribution in [3.63, 3.8) is 0 Å². The Kier molecular flexibility index (Phi) is 6.80. The van der Waals surface area contributed by atoms with E-state index >= 15 is 0 Å². The largest absolute Gasteiger partial charge is 0.396 e. The van der Waals surface area contributed by atoms with Gasteiger partial charge in [-0.05, 0) is 41.5 Å². The van der Waals surface area contributed by atoms with E-state index in [1.807, 2.05) is 17.0 Å². The highest BCUT2D eigenvalue weighted by Gasteiger charge is 2.35. The minimum absolute atomic E-state index is 0.217. The molecule has 29 heavy (non-hydrogen) atoms. The summed E-state index contributed by atoms with van der Waals surface area (Å²) in [5, 5.41) is 11.7. The van der Waals surface area contributed by atoms with E-state index in [2.05, 4.69) is 35.2 Å². The van der Waals surface area contributed by atoms with Crippen molar-refractivity contribution in [2.45, 2.75) is 31.7 Å². The topological polar surface area (TPSA) is 53.0 Å². The van der Waals surface area contributed by atoms with Gasteiger partial charge in [0.15, 0.2) is 0 Å². The summed E-state index contributed by atoms with van der Waals surface area (Å²) in [6.07, 6.45) is 3.25. The van der Waals surface area contributed by atoms with E-state index in [1.54, 1.807) is 0 Å². The van der Waals surface area contributed by atoms with Gasteiger partial charge in [-0.15, -0.1) is 0 Å². The van der Waals surface area contributed by atoms with Crippen LogP contribution in [0.15, 0.2) is 42.5 Å². The number of likely N-dealkylation sites (tertiary alicyclic amines) is 1. The lowest BCUT2D eigenvalue weighted by Crippen LogP contribution is -2.55. The molecule has 2 heterocycles. The van der Waals surface area contributed by atoms with Crippen LogP contribution in [-0.2, 0) is 16.0 Å². The number of morpholine rings is 1. The molecule has 2 aromatic carbocycles. The van der Waals surface area contributed by atoms with Crippen molar-refractivity contribution >= 4 is 16.7 Å². The molecule has 5 heteroatoms. The first kappa shape index (κ1) is 20.3. The maximum absolute atomic E-state index is 13.0. The predicted octanol–water partition coefficient (Wildman–Crippen LogP) is 2.70. The number of fused-ring (bicyclic) bond motifs is 1. The number of amides is 1. The standard InChI is InChI=1S/C24H32N2O3/c27-13-3-6-22-18-26(10-9-23(22)25-11-14-29-15-12-25)24(28)17-19-7-8-20-4-1-2-5-21(20)16-19/h1-2,4-5,7-8,16,22-23,27H,3,6,9-15,17-18H2/t22-,23+/m1/s1. The summed E-state index contributed by atoms with van der Waals surface area (Å²) in [5.74, 6) is 0.643. The number of aliphatic hydroxyl groups is 1. The zero-order chi connectivity index (χ0) is 20.1. The molecular formula is C24H32N2O3. The van der Waals surface area contributed by atoms with E-state index in [4.69, 9.17) is 4.74 Å². The average molecular weight is 397 g/mol. The van der Waals surface area contributed by atoms with Crippen LogP contribution < -0.4 is 0 Å². The molecule has 1 amide bonds. The summed E-state index contributed by atoms with van der Waals surface area (Å²) in [4.78, 5) is 17.6. The van der Waals surface area contributed by atoms with Crippen LogP contribution >= 0.6 is 0 Å². The number of ether oxygens (including phenoxy) is 1. The Bertz CT molecular complexity index is 819. The lowest BCUT2D eigenvalue weighted by atomic mass is 9.86. The summed E-state index contributed by atoms with van der Waals surface area (Å²) < 4.78 is 5.52. The molecule has 0 bridgehead atoms. The number of rotatable bonds is 6. The predicted molar refractivity (Wildman–Crippen MR) is 115 cm³/mol. The number of hydrogen-bond acceptors (Lipinski definition) is 4. The Morgan fingerprint density at radius 1 is 1.07 bits per heavy atom. The van der Waals surface area contributed by atoms with E-state index < -0.39 is 0 Å². The van der Waals surface area contributed by atoms with Crippen LogP contribution in [0.4, 0.5) is 0 Å². The molecule has 2 atom stereocenters. The number of nitrogens with zero attached hydrogens (tertiary/aromatic N) is 2. The molecule has 0 radical (unpaired) electrons. The van der Waals surface area contributed by atoms with Gasteiger partial charge in [0.1, 0.15) is 0 Å². The molecule has 1 N–H and O–H groups in total. The molecule has 0 aromatic heterocycles. The Labute approximate surface area is 173 Å². The number of carbonyl (C=O) groups excluding carboxylic acids is 1. The van der Waals surface area contributed by atoms with Gasteiger partial charge in [-0.25, -0.2) is 0 Å². The maximum atomic E-state index is 13.0. The first-order valence-electron chi connectivity index (χ1n) is 10.9. The fraction of sp³-hybridized carbons (Fsp3) is 0.542. The molecule has 2 aromatic rings. The summed E-state index contributed by atoms with van der Waals surface area (Å²) in [6.45, 7) is 5.40. The fourth-order valence-electron chi connectivity index (χ4n) is 4.91. The molecular weight excluding hydrogens is 364 g/mol. The van der Waals surface area contributed by atoms with Crippen LogP contribution in [0.2, 0.25) is 0 Å². The molecule has 0 spiro atoms. The molecule has 0 unspecified atom stereocenters. The van der Waals surface area contributed by atoms with Crippen molar-refractivity contribution in [1.29, 1.82) is 0 Å². The first-order valence-corrected chi connectivity index (χ1v) is 10.9. The van der Waals surface area contributed by atoms with Gasteiger partial charge in [0.05, 0.1) is 19.6 Å². The van der Waals surface area contributed by atoms with Crippen LogP contribution in [0.25, 0.3) is 10.8 Å². The minimum atomic E-state index is 0.217. The second kappa shape index (κ2) is 9.70. The highest BCUT2D eigenvalue weighted by molar-refractivity contribution is 5.85. The minimum Gasteiger partial charge on any atom is -0.396 e. The third-order valence-electron chi connectivity index (χ3n) is 6.46. The molecule has 5 nitrogen and oxygen atoms in total. The number of hydrogen-bond donors (Lipinski definition) is 1. The smallest absolute Gasteiger partial charge is 0.227 e. The van der Waals surface area contributed by atoms with Crippen molar-refractivity contribution in [3.8, 4) is 0 Å². The first-order chi connectivity index (χ1) is 14.2. The highest BCUT2D eigenvalue weighted by atomic mass is 16.5. The van der Waals surface area contributed by atoms with Gasteiger partial charge in [0, 0.05) is 38.8 Å². The van der Waals surface area contributed by atoms with Crippen molar-refractivity contribution < 1.29 is 14.6 Å². The summed E-state index contributed by atoms with van der Waals surface area (Å²) in [7, 11) is 0. The van der Waals surface area contributed by atoms with Gasteiger partial charge in [-0.1, -0.05) is 42.5 Å². The van der Waals surface area contributed by atoms with Crippen molar-refractivity contribution in [1.82, 2.24) is 9.80 Å². The van der Waals surface area contributed by atoms with Gasteiger partial charge in [0.2, 0.25) is 5.91 Å². The van der Waals surface area contributed by atoms with Crippen LogP contribution in [-0.4, -0.2) is 72.9 Å². The van der Waals surface area contributed by atoms with Gasteiger partial charge in [-0.2, -0.15) is 0 Å². The van der Waals surface area contributed by atoms with E-state index in [9.17, 15) is 9.90 Å². The maximum Gasteiger partial charge on any atom is 0.227 e. The van der Waals surface area contributed by atoms with E-state index in [-0.39, 0.29) is 12.5 Å². The Morgan fingerprint density at radius 2 is 1.86 bits per heavy atom. The molecule has 2 saturated heterocycles. The monoisotopic (exact) mass is 396 g/mol. The molecule has 0 aliphatic carbocycles. The van der Waals surface area contributed by atoms with Crippen LogP contribution in [0.5, 0.6) is 0 Å². The fourth-order valence-corrected chi connectivity index (χ4v) is 4.91. The molecule has 2 fully saturated rings. The van der Waals surface area contributed by atoms with Gasteiger partial charge in [0.25, 0.3) is 0 Å². The Balaban J connectivity index is 1.41. The summed E-state index contributed by atoms with van der Waals surface area (Å²) >= 11 is 0. The van der Waals surface area contributed by atoms with Crippen molar-refractivity contribution in [2.75, 3.05) is 46.0 Å². The lowest BCUT2D eigenvalue weighted by molar-refractivity contribution is -0.134. The second-order valence-electron chi connectivity index (χ2n) is 8.33. The van der Waals surface area contributed by atoms with E-state index in [0.717, 1.165) is 64.2 Å². The second-order valence-corrected chi connectivity index (χ2v) is 8.33. The third kappa shape index (κ3) is 4.97. The van der Waals surface area contributed by atoms with Crippen LogP contribution in [0.1, 0.15) is 24.8 Å². The molecule has 2 aliphatic rings. The third-order valence-corrected chi connectivity index (χ3v) is 6.46. The van der Waals surface area contributed by atoms with Gasteiger partial charge >= 0.3 is 0 Å². The van der Waals surface area contributed by atoms with Gasteiger partial charge < -0.3 is 14.7 Å². The molecule has 2 aliphatic heterocycles.